The maximum Gasteiger partial charge on any atom is 0.178 e. The van der Waals surface area contributed by atoms with Gasteiger partial charge in [0, 0.05) is 5.56 Å². The first-order valence-corrected chi connectivity index (χ1v) is 8.58. The Labute approximate surface area is 121 Å². The quantitative estimate of drug-likeness (QED) is 0.825. The summed E-state index contributed by atoms with van der Waals surface area (Å²) in [4.78, 5) is 0.447. The highest BCUT2D eigenvalue weighted by atomic mass is 32.2. The fraction of sp³-hybridized carbons (Fsp3) is 0.294. The van der Waals surface area contributed by atoms with Gasteiger partial charge in [-0.2, -0.15) is 0 Å². The van der Waals surface area contributed by atoms with E-state index in [0.29, 0.717) is 11.3 Å². The highest BCUT2D eigenvalue weighted by molar-refractivity contribution is 7.91. The van der Waals surface area contributed by atoms with E-state index in [0.717, 1.165) is 23.1 Å². The summed E-state index contributed by atoms with van der Waals surface area (Å²) in [7, 11) is -3.22. The second-order valence-corrected chi connectivity index (χ2v) is 7.12. The van der Waals surface area contributed by atoms with E-state index < -0.39 is 9.84 Å². The van der Waals surface area contributed by atoms with E-state index in [4.69, 9.17) is 0 Å². The summed E-state index contributed by atoms with van der Waals surface area (Å²) < 4.78 is 25.0. The molecule has 0 saturated heterocycles. The van der Waals surface area contributed by atoms with Gasteiger partial charge in [-0.3, -0.25) is 0 Å². The fourth-order valence-electron chi connectivity index (χ4n) is 2.20. The maximum absolute atomic E-state index is 12.5. The van der Waals surface area contributed by atoms with Crippen LogP contribution in [0, 0.1) is 6.92 Å². The first-order chi connectivity index (χ1) is 9.54. The van der Waals surface area contributed by atoms with Gasteiger partial charge >= 0.3 is 0 Å². The monoisotopic (exact) mass is 288 g/mol. The van der Waals surface area contributed by atoms with Crippen LogP contribution >= 0.6 is 0 Å². The molecule has 106 valence electrons. The van der Waals surface area contributed by atoms with Crippen LogP contribution in [0.5, 0.6) is 0 Å². The molecule has 0 heterocycles. The molecule has 0 bridgehead atoms. The van der Waals surface area contributed by atoms with Crippen LogP contribution in [0.25, 0.3) is 11.1 Å². The van der Waals surface area contributed by atoms with Gasteiger partial charge in [0.1, 0.15) is 0 Å². The van der Waals surface area contributed by atoms with Crippen LogP contribution in [0.1, 0.15) is 25.3 Å². The van der Waals surface area contributed by atoms with E-state index in [-0.39, 0.29) is 5.75 Å². The summed E-state index contributed by atoms with van der Waals surface area (Å²) in [6.07, 6.45) is 1.58. The molecule has 0 saturated carbocycles. The van der Waals surface area contributed by atoms with Crippen LogP contribution in [0.15, 0.2) is 53.4 Å². The highest BCUT2D eigenvalue weighted by Gasteiger charge is 2.18. The SMILES string of the molecule is CCCCS(=O)(=O)c1ccc(C)cc1-c1ccccc1. The van der Waals surface area contributed by atoms with Gasteiger partial charge in [0.2, 0.25) is 0 Å². The van der Waals surface area contributed by atoms with Crippen molar-refractivity contribution < 1.29 is 8.42 Å². The molecule has 0 spiro atoms. The average molecular weight is 288 g/mol. The molecule has 2 rings (SSSR count). The summed E-state index contributed by atoms with van der Waals surface area (Å²) in [5.41, 5.74) is 2.83. The lowest BCUT2D eigenvalue weighted by Crippen LogP contribution is -2.08. The van der Waals surface area contributed by atoms with Crippen LogP contribution in [-0.2, 0) is 9.84 Å². The molecule has 0 amide bonds. The van der Waals surface area contributed by atoms with Crippen LogP contribution in [0.2, 0.25) is 0 Å². The minimum absolute atomic E-state index is 0.215. The second-order valence-electron chi connectivity index (χ2n) is 5.04. The molecule has 0 N–H and O–H groups in total. The molecule has 0 radical (unpaired) electrons. The average Bonchev–Trinajstić information content (AvgIpc) is 2.46. The second kappa shape index (κ2) is 6.23. The number of rotatable bonds is 5. The molecule has 0 aliphatic rings. The van der Waals surface area contributed by atoms with Gasteiger partial charge < -0.3 is 0 Å². The van der Waals surface area contributed by atoms with Crippen LogP contribution in [0.4, 0.5) is 0 Å². The normalized spacial score (nSPS) is 11.5. The Kier molecular flexibility index (Phi) is 4.61. The number of hydrogen-bond donors (Lipinski definition) is 0. The van der Waals surface area contributed by atoms with E-state index in [1.807, 2.05) is 56.3 Å². The largest absolute Gasteiger partial charge is 0.224 e. The topological polar surface area (TPSA) is 34.1 Å². The molecule has 2 aromatic rings. The van der Waals surface area contributed by atoms with Gasteiger partial charge in [0.05, 0.1) is 10.6 Å². The molecule has 0 atom stereocenters. The third-order valence-corrected chi connectivity index (χ3v) is 5.17. The van der Waals surface area contributed by atoms with Crippen molar-refractivity contribution in [1.29, 1.82) is 0 Å². The lowest BCUT2D eigenvalue weighted by atomic mass is 10.0. The number of aryl methyl sites for hydroxylation is 1. The number of benzene rings is 2. The maximum atomic E-state index is 12.5. The van der Waals surface area contributed by atoms with Gasteiger partial charge in [-0.25, -0.2) is 8.42 Å². The van der Waals surface area contributed by atoms with Gasteiger partial charge in [-0.1, -0.05) is 61.4 Å². The molecule has 0 aliphatic carbocycles. The van der Waals surface area contributed by atoms with Crippen molar-refractivity contribution in [2.75, 3.05) is 5.75 Å². The van der Waals surface area contributed by atoms with E-state index >= 15 is 0 Å². The molecular weight excluding hydrogens is 268 g/mol. The Bertz CT molecular complexity index is 673. The van der Waals surface area contributed by atoms with Gasteiger partial charge in [0.15, 0.2) is 9.84 Å². The molecule has 0 fully saturated rings. The van der Waals surface area contributed by atoms with E-state index in [1.165, 1.54) is 0 Å². The minimum Gasteiger partial charge on any atom is -0.224 e. The van der Waals surface area contributed by atoms with E-state index in [9.17, 15) is 8.42 Å². The van der Waals surface area contributed by atoms with Gasteiger partial charge in [-0.15, -0.1) is 0 Å². The number of unbranched alkanes of at least 4 members (excludes halogenated alkanes) is 1. The van der Waals surface area contributed by atoms with Crippen LogP contribution in [0.3, 0.4) is 0 Å². The smallest absolute Gasteiger partial charge is 0.178 e. The predicted octanol–water partition coefficient (Wildman–Crippen LogP) is 4.24. The molecule has 0 aliphatic heterocycles. The molecule has 3 heteroatoms. The summed E-state index contributed by atoms with van der Waals surface area (Å²) in [6.45, 7) is 3.98. The summed E-state index contributed by atoms with van der Waals surface area (Å²) in [5, 5.41) is 0. The molecule has 20 heavy (non-hydrogen) atoms. The van der Waals surface area contributed by atoms with Crippen molar-refractivity contribution in [3.8, 4) is 11.1 Å². The summed E-state index contributed by atoms with van der Waals surface area (Å²) in [6, 6.07) is 15.3. The van der Waals surface area contributed by atoms with Crippen molar-refractivity contribution in [1.82, 2.24) is 0 Å². The molecular formula is C17H20O2S. The van der Waals surface area contributed by atoms with Crippen molar-refractivity contribution in [3.63, 3.8) is 0 Å². The standard InChI is InChI=1S/C17H20O2S/c1-3-4-12-20(18,19)17-11-10-14(2)13-16(17)15-8-6-5-7-9-15/h5-11,13H,3-4,12H2,1-2H3. The van der Waals surface area contributed by atoms with Gasteiger partial charge in [0.25, 0.3) is 0 Å². The highest BCUT2D eigenvalue weighted by Crippen LogP contribution is 2.29. The Morgan fingerprint density at radius 1 is 1.00 bits per heavy atom. The zero-order chi connectivity index (χ0) is 14.6. The molecule has 2 nitrogen and oxygen atoms in total. The van der Waals surface area contributed by atoms with E-state index in [2.05, 4.69) is 0 Å². The lowest BCUT2D eigenvalue weighted by molar-refractivity contribution is 0.593. The molecule has 2 aromatic carbocycles. The van der Waals surface area contributed by atoms with E-state index in [1.54, 1.807) is 6.07 Å². The Balaban J connectivity index is 2.55. The zero-order valence-electron chi connectivity index (χ0n) is 12.0. The lowest BCUT2D eigenvalue weighted by Gasteiger charge is -2.11. The Morgan fingerprint density at radius 2 is 1.70 bits per heavy atom. The number of hydrogen-bond acceptors (Lipinski definition) is 2. The number of sulfone groups is 1. The third kappa shape index (κ3) is 3.28. The Morgan fingerprint density at radius 3 is 2.35 bits per heavy atom. The van der Waals surface area contributed by atoms with Crippen molar-refractivity contribution >= 4 is 9.84 Å². The predicted molar refractivity (Wildman–Crippen MR) is 83.6 cm³/mol. The Hall–Kier alpha value is -1.61. The summed E-state index contributed by atoms with van der Waals surface area (Å²) >= 11 is 0. The first-order valence-electron chi connectivity index (χ1n) is 6.93. The van der Waals surface area contributed by atoms with Gasteiger partial charge in [-0.05, 0) is 25.0 Å². The first kappa shape index (κ1) is 14.8. The fourth-order valence-corrected chi connectivity index (χ4v) is 3.88. The van der Waals surface area contributed by atoms with Crippen molar-refractivity contribution in [2.24, 2.45) is 0 Å². The van der Waals surface area contributed by atoms with Crippen molar-refractivity contribution in [3.05, 3.63) is 54.1 Å². The minimum atomic E-state index is -3.22. The molecule has 0 unspecified atom stereocenters. The van der Waals surface area contributed by atoms with Crippen LogP contribution < -0.4 is 0 Å². The van der Waals surface area contributed by atoms with Crippen LogP contribution in [-0.4, -0.2) is 14.2 Å². The third-order valence-electron chi connectivity index (χ3n) is 3.32. The molecule has 0 aromatic heterocycles. The van der Waals surface area contributed by atoms with Crippen molar-refractivity contribution in [2.45, 2.75) is 31.6 Å². The zero-order valence-corrected chi connectivity index (χ0v) is 12.8. The summed E-state index contributed by atoms with van der Waals surface area (Å²) in [5.74, 6) is 0.215.